The van der Waals surface area contributed by atoms with E-state index >= 15 is 0 Å². The Bertz CT molecular complexity index is 708. The van der Waals surface area contributed by atoms with Gasteiger partial charge in [0.05, 0.1) is 26.4 Å². The molecule has 162 valence electrons. The molecule has 6 aliphatic rings. The van der Waals surface area contributed by atoms with Crippen LogP contribution in [-0.2, 0) is 23.7 Å². The van der Waals surface area contributed by atoms with Crippen molar-refractivity contribution in [3.63, 3.8) is 0 Å². The van der Waals surface area contributed by atoms with E-state index in [1.165, 1.54) is 6.42 Å². The van der Waals surface area contributed by atoms with Crippen LogP contribution in [0.25, 0.3) is 0 Å². The van der Waals surface area contributed by atoms with Crippen molar-refractivity contribution in [3.05, 3.63) is 0 Å². The summed E-state index contributed by atoms with van der Waals surface area (Å²) < 4.78 is 24.6. The van der Waals surface area contributed by atoms with Crippen molar-refractivity contribution in [1.82, 2.24) is 0 Å². The van der Waals surface area contributed by atoms with Crippen LogP contribution in [0.3, 0.4) is 0 Å². The molecule has 0 bridgehead atoms. The molecule has 2 heterocycles. The van der Waals surface area contributed by atoms with Gasteiger partial charge in [-0.2, -0.15) is 0 Å². The van der Waals surface area contributed by atoms with Gasteiger partial charge in [-0.05, 0) is 48.9 Å². The Labute approximate surface area is 174 Å². The largest absolute Gasteiger partial charge is 0.348 e. The predicted octanol–water partition coefficient (Wildman–Crippen LogP) is 3.94. The number of rotatable bonds is 0. The predicted molar refractivity (Wildman–Crippen MR) is 106 cm³/mol. The number of Topliss-reactive ketones (excluding diaryl/α,β-unsaturated/α-hetero) is 1. The minimum atomic E-state index is -0.488. The van der Waals surface area contributed by atoms with Gasteiger partial charge < -0.3 is 18.9 Å². The van der Waals surface area contributed by atoms with E-state index in [-0.39, 0.29) is 22.7 Å². The number of ketones is 1. The highest BCUT2D eigenvalue weighted by atomic mass is 16.7. The fourth-order valence-corrected chi connectivity index (χ4v) is 8.96. The molecule has 4 aliphatic carbocycles. The van der Waals surface area contributed by atoms with Crippen LogP contribution in [0.1, 0.15) is 65.7 Å². The Balaban J connectivity index is 1.35. The number of carbonyl (C=O) groups excluding carboxylic acids is 1. The summed E-state index contributed by atoms with van der Waals surface area (Å²) in [7, 11) is 0. The number of hydrogen-bond acceptors (Lipinski definition) is 5. The van der Waals surface area contributed by atoms with Crippen LogP contribution in [0.15, 0.2) is 0 Å². The maximum absolute atomic E-state index is 13.8. The highest BCUT2D eigenvalue weighted by Crippen LogP contribution is 2.70. The molecule has 4 saturated carbocycles. The van der Waals surface area contributed by atoms with Crippen molar-refractivity contribution in [2.45, 2.75) is 77.3 Å². The summed E-state index contributed by atoms with van der Waals surface area (Å²) in [4.78, 5) is 13.8. The molecule has 0 aromatic carbocycles. The van der Waals surface area contributed by atoms with Gasteiger partial charge in [-0.15, -0.1) is 0 Å². The van der Waals surface area contributed by atoms with Crippen LogP contribution in [-0.4, -0.2) is 43.8 Å². The van der Waals surface area contributed by atoms with E-state index in [4.69, 9.17) is 18.9 Å². The zero-order valence-electron chi connectivity index (χ0n) is 18.2. The molecule has 5 nitrogen and oxygen atoms in total. The van der Waals surface area contributed by atoms with Crippen molar-refractivity contribution in [2.75, 3.05) is 26.4 Å². The number of ether oxygens (including phenoxy) is 4. The topological polar surface area (TPSA) is 54.0 Å². The smallest absolute Gasteiger partial charge is 0.174 e. The molecule has 0 radical (unpaired) electrons. The van der Waals surface area contributed by atoms with Crippen molar-refractivity contribution >= 4 is 5.78 Å². The SMILES string of the molecule is C[C@@H]1C(=O)C2CC3(CC[C@]2(C)[C@H]2CC[C@@]4(C)[C@@H](CCC45OCCO5)[C@H]12)OCCO3. The molecule has 0 aromatic heterocycles. The molecule has 0 aromatic rings. The molecule has 2 aliphatic heterocycles. The molecular weight excluding hydrogens is 368 g/mol. The maximum Gasteiger partial charge on any atom is 0.174 e. The Morgan fingerprint density at radius 1 is 0.828 bits per heavy atom. The first-order chi connectivity index (χ1) is 13.8. The molecule has 7 atom stereocenters. The number of fused-ring (bicyclic) bond motifs is 6. The lowest BCUT2D eigenvalue weighted by Gasteiger charge is -2.63. The highest BCUT2D eigenvalue weighted by molar-refractivity contribution is 5.85. The number of carbonyl (C=O) groups is 1. The molecule has 5 heteroatoms. The second-order valence-electron chi connectivity index (χ2n) is 11.3. The minimum absolute atomic E-state index is 0.0377. The quantitative estimate of drug-likeness (QED) is 0.612. The van der Waals surface area contributed by atoms with Gasteiger partial charge >= 0.3 is 0 Å². The standard InChI is InChI=1S/C24H36O5/c1-15-19-16(4-6-22(3)17(19)5-7-24(22)28-12-13-29-24)21(2)8-9-23(26-10-11-27-23)14-18(21)20(15)25/h15-19H,4-14H2,1-3H3/t15-,16-,17-,18?,19+,21+,22-/m0/s1. The highest BCUT2D eigenvalue weighted by Gasteiger charge is 2.70. The molecule has 6 rings (SSSR count). The Morgan fingerprint density at radius 3 is 2.21 bits per heavy atom. The van der Waals surface area contributed by atoms with E-state index in [1.807, 2.05) is 0 Å². The zero-order valence-corrected chi connectivity index (χ0v) is 18.2. The van der Waals surface area contributed by atoms with Crippen LogP contribution >= 0.6 is 0 Å². The monoisotopic (exact) mass is 404 g/mol. The summed E-state index contributed by atoms with van der Waals surface area (Å²) in [6.45, 7) is 9.79. The Kier molecular flexibility index (Phi) is 4.01. The van der Waals surface area contributed by atoms with Gasteiger partial charge in [-0.25, -0.2) is 0 Å². The molecule has 29 heavy (non-hydrogen) atoms. The fourth-order valence-electron chi connectivity index (χ4n) is 8.96. The third kappa shape index (κ3) is 2.29. The van der Waals surface area contributed by atoms with Gasteiger partial charge in [-0.3, -0.25) is 4.79 Å². The second kappa shape index (κ2) is 6.05. The van der Waals surface area contributed by atoms with Gasteiger partial charge in [0.2, 0.25) is 0 Å². The van der Waals surface area contributed by atoms with E-state index in [9.17, 15) is 4.79 Å². The summed E-state index contributed by atoms with van der Waals surface area (Å²) in [6.07, 6.45) is 7.19. The summed E-state index contributed by atoms with van der Waals surface area (Å²) in [6, 6.07) is 0. The van der Waals surface area contributed by atoms with Crippen LogP contribution < -0.4 is 0 Å². The molecule has 2 spiro atoms. The molecule has 2 saturated heterocycles. The van der Waals surface area contributed by atoms with Gasteiger partial charge in [0.1, 0.15) is 5.78 Å². The summed E-state index contributed by atoms with van der Waals surface area (Å²) in [5.74, 6) is 1.34. The molecule has 0 N–H and O–H groups in total. The lowest BCUT2D eigenvalue weighted by Crippen LogP contribution is -2.63. The van der Waals surface area contributed by atoms with Crippen molar-refractivity contribution in [1.29, 1.82) is 0 Å². The van der Waals surface area contributed by atoms with E-state index in [1.54, 1.807) is 0 Å². The van der Waals surface area contributed by atoms with E-state index in [2.05, 4.69) is 20.8 Å². The van der Waals surface area contributed by atoms with Crippen molar-refractivity contribution in [3.8, 4) is 0 Å². The van der Waals surface area contributed by atoms with Gasteiger partial charge in [-0.1, -0.05) is 20.8 Å². The lowest BCUT2D eigenvalue weighted by atomic mass is 9.42. The van der Waals surface area contributed by atoms with Crippen LogP contribution in [0.5, 0.6) is 0 Å². The first-order valence-electron chi connectivity index (χ1n) is 11.9. The van der Waals surface area contributed by atoms with Crippen molar-refractivity contribution < 1.29 is 23.7 Å². The average Bonchev–Trinajstić information content (AvgIpc) is 3.43. The summed E-state index contributed by atoms with van der Waals surface area (Å²) in [5, 5.41) is 0. The van der Waals surface area contributed by atoms with Gasteiger partial charge in [0.15, 0.2) is 11.6 Å². The van der Waals surface area contributed by atoms with E-state index in [0.29, 0.717) is 50.0 Å². The second-order valence-corrected chi connectivity index (χ2v) is 11.3. The van der Waals surface area contributed by atoms with E-state index in [0.717, 1.165) is 38.5 Å². The fraction of sp³-hybridized carbons (Fsp3) is 0.958. The maximum atomic E-state index is 13.8. The molecule has 6 fully saturated rings. The lowest BCUT2D eigenvalue weighted by molar-refractivity contribution is -0.258. The summed E-state index contributed by atoms with van der Waals surface area (Å²) >= 11 is 0. The normalized spacial score (nSPS) is 52.5. The summed E-state index contributed by atoms with van der Waals surface area (Å²) in [5.41, 5.74) is 0.110. The Morgan fingerprint density at radius 2 is 1.48 bits per heavy atom. The van der Waals surface area contributed by atoms with Crippen molar-refractivity contribution in [2.24, 2.45) is 40.4 Å². The minimum Gasteiger partial charge on any atom is -0.348 e. The van der Waals surface area contributed by atoms with Gasteiger partial charge in [0.25, 0.3) is 0 Å². The Hall–Kier alpha value is -0.490. The molecular formula is C24H36O5. The third-order valence-corrected chi connectivity index (χ3v) is 10.5. The first kappa shape index (κ1) is 19.2. The average molecular weight is 405 g/mol. The molecule has 1 unspecified atom stereocenters. The van der Waals surface area contributed by atoms with E-state index < -0.39 is 11.6 Å². The van der Waals surface area contributed by atoms with Crippen LogP contribution in [0, 0.1) is 40.4 Å². The molecule has 0 amide bonds. The number of hydrogen-bond donors (Lipinski definition) is 0. The van der Waals surface area contributed by atoms with Crippen LogP contribution in [0.4, 0.5) is 0 Å². The third-order valence-electron chi connectivity index (χ3n) is 10.5. The van der Waals surface area contributed by atoms with Crippen LogP contribution in [0.2, 0.25) is 0 Å². The zero-order chi connectivity index (χ0) is 20.1. The first-order valence-corrected chi connectivity index (χ1v) is 11.9. The van der Waals surface area contributed by atoms with Gasteiger partial charge in [0, 0.05) is 36.5 Å².